The number of halogens is 1. The highest BCUT2D eigenvalue weighted by Crippen LogP contribution is 2.35. The maximum absolute atomic E-state index is 8.96. The van der Waals surface area contributed by atoms with Crippen LogP contribution < -0.4 is 0 Å². The zero-order valence-electron chi connectivity index (χ0n) is 6.53. The lowest BCUT2D eigenvalue weighted by molar-refractivity contribution is 0.277. The molecule has 2 aromatic rings. The Bertz CT molecular complexity index is 410. The van der Waals surface area contributed by atoms with Crippen molar-refractivity contribution in [3.05, 3.63) is 28.0 Å². The fourth-order valence-electron chi connectivity index (χ4n) is 1.02. The van der Waals surface area contributed by atoms with Crippen molar-refractivity contribution >= 4 is 27.3 Å². The Morgan fingerprint density at radius 2 is 2.46 bits per heavy atom. The van der Waals surface area contributed by atoms with Crippen LogP contribution in [0.1, 0.15) is 5.69 Å². The molecule has 1 N–H and O–H groups in total. The van der Waals surface area contributed by atoms with Crippen LogP contribution in [0.4, 0.5) is 0 Å². The van der Waals surface area contributed by atoms with Crippen LogP contribution >= 0.6 is 27.3 Å². The second-order valence-corrected chi connectivity index (χ2v) is 4.15. The van der Waals surface area contributed by atoms with E-state index >= 15 is 0 Å². The predicted molar refractivity (Wildman–Crippen MR) is 53.4 cm³/mol. The Morgan fingerprint density at radius 1 is 1.62 bits per heavy atom. The number of aromatic nitrogens is 1. The minimum Gasteiger partial charge on any atom is -0.442 e. The zero-order valence-corrected chi connectivity index (χ0v) is 8.93. The second kappa shape index (κ2) is 3.61. The van der Waals surface area contributed by atoms with Crippen LogP contribution in [0.3, 0.4) is 0 Å². The van der Waals surface area contributed by atoms with Crippen molar-refractivity contribution in [3.8, 4) is 10.6 Å². The number of aliphatic hydroxyl groups is 1. The molecule has 0 fully saturated rings. The molecule has 0 saturated heterocycles. The summed E-state index contributed by atoms with van der Waals surface area (Å²) in [7, 11) is 0. The maximum atomic E-state index is 8.96. The lowest BCUT2D eigenvalue weighted by Gasteiger charge is -1.94. The normalized spacial score (nSPS) is 10.6. The highest BCUT2D eigenvalue weighted by atomic mass is 79.9. The topological polar surface area (TPSA) is 46.3 Å². The Balaban J connectivity index is 2.52. The quantitative estimate of drug-likeness (QED) is 0.902. The highest BCUT2D eigenvalue weighted by Gasteiger charge is 2.13. The van der Waals surface area contributed by atoms with Crippen LogP contribution in [0.25, 0.3) is 10.6 Å². The summed E-state index contributed by atoms with van der Waals surface area (Å²) in [6.45, 7) is -0.101. The zero-order chi connectivity index (χ0) is 9.26. The molecular formula is C8H6BrNO2S. The van der Waals surface area contributed by atoms with Crippen molar-refractivity contribution < 1.29 is 9.52 Å². The van der Waals surface area contributed by atoms with Crippen LogP contribution in [-0.4, -0.2) is 10.1 Å². The summed E-state index contributed by atoms with van der Waals surface area (Å²) < 4.78 is 6.15. The van der Waals surface area contributed by atoms with E-state index in [1.165, 1.54) is 6.39 Å². The van der Waals surface area contributed by atoms with Gasteiger partial charge in [0.25, 0.3) is 0 Å². The third-order valence-corrected chi connectivity index (χ3v) is 3.45. The number of oxazole rings is 1. The molecule has 0 aliphatic heterocycles. The molecule has 2 aromatic heterocycles. The van der Waals surface area contributed by atoms with Gasteiger partial charge in [-0.1, -0.05) is 0 Å². The van der Waals surface area contributed by atoms with Gasteiger partial charge in [-0.25, -0.2) is 4.98 Å². The number of thiophene rings is 1. The van der Waals surface area contributed by atoms with E-state index in [4.69, 9.17) is 9.52 Å². The third kappa shape index (κ3) is 1.54. The predicted octanol–water partition coefficient (Wildman–Crippen LogP) is 2.66. The molecule has 0 aliphatic rings. The summed E-state index contributed by atoms with van der Waals surface area (Å²) >= 11 is 4.94. The fraction of sp³-hybridized carbons (Fsp3) is 0.125. The Labute approximate surface area is 87.2 Å². The van der Waals surface area contributed by atoms with E-state index in [2.05, 4.69) is 20.9 Å². The summed E-state index contributed by atoms with van der Waals surface area (Å²) in [6, 6.07) is 1.93. The average Bonchev–Trinajstić information content (AvgIpc) is 2.71. The molecule has 68 valence electrons. The Morgan fingerprint density at radius 3 is 3.08 bits per heavy atom. The van der Waals surface area contributed by atoms with Gasteiger partial charge in [0.15, 0.2) is 12.2 Å². The van der Waals surface area contributed by atoms with E-state index < -0.39 is 0 Å². The first-order valence-corrected chi connectivity index (χ1v) is 5.26. The van der Waals surface area contributed by atoms with E-state index in [-0.39, 0.29) is 6.61 Å². The SMILES string of the molecule is OCc1ncoc1-c1sccc1Br. The van der Waals surface area contributed by atoms with Gasteiger partial charge >= 0.3 is 0 Å². The van der Waals surface area contributed by atoms with E-state index in [0.29, 0.717) is 11.5 Å². The molecule has 0 radical (unpaired) electrons. The van der Waals surface area contributed by atoms with Crippen LogP contribution in [0.2, 0.25) is 0 Å². The largest absolute Gasteiger partial charge is 0.442 e. The molecule has 13 heavy (non-hydrogen) atoms. The van der Waals surface area contributed by atoms with Gasteiger partial charge in [-0.2, -0.15) is 0 Å². The summed E-state index contributed by atoms with van der Waals surface area (Å²) in [5.41, 5.74) is 0.572. The van der Waals surface area contributed by atoms with Gasteiger partial charge in [0, 0.05) is 4.47 Å². The number of nitrogens with zero attached hydrogens (tertiary/aromatic N) is 1. The molecule has 2 heterocycles. The smallest absolute Gasteiger partial charge is 0.181 e. The van der Waals surface area contributed by atoms with E-state index in [1.54, 1.807) is 11.3 Å². The van der Waals surface area contributed by atoms with Crippen molar-refractivity contribution in [3.63, 3.8) is 0 Å². The van der Waals surface area contributed by atoms with Crippen molar-refractivity contribution in [2.24, 2.45) is 0 Å². The lowest BCUT2D eigenvalue weighted by Crippen LogP contribution is -1.84. The third-order valence-electron chi connectivity index (χ3n) is 1.61. The van der Waals surface area contributed by atoms with Crippen LogP contribution in [0.15, 0.2) is 26.7 Å². The molecular weight excluding hydrogens is 254 g/mol. The lowest BCUT2D eigenvalue weighted by atomic mass is 10.3. The number of rotatable bonds is 2. The summed E-state index contributed by atoms with van der Waals surface area (Å²) in [5.74, 6) is 0.643. The molecule has 0 aromatic carbocycles. The van der Waals surface area contributed by atoms with Crippen LogP contribution in [0, 0.1) is 0 Å². The molecule has 5 heteroatoms. The van der Waals surface area contributed by atoms with Gasteiger partial charge < -0.3 is 9.52 Å². The first-order chi connectivity index (χ1) is 6.33. The van der Waals surface area contributed by atoms with E-state index in [1.807, 2.05) is 11.4 Å². The van der Waals surface area contributed by atoms with Gasteiger partial charge in [0.2, 0.25) is 0 Å². The number of hydrogen-bond acceptors (Lipinski definition) is 4. The highest BCUT2D eigenvalue weighted by molar-refractivity contribution is 9.10. The molecule has 2 rings (SSSR count). The summed E-state index contributed by atoms with van der Waals surface area (Å²) in [5, 5.41) is 10.9. The molecule has 0 bridgehead atoms. The number of aliphatic hydroxyl groups excluding tert-OH is 1. The Kier molecular flexibility index (Phi) is 2.48. The fourth-order valence-corrected chi connectivity index (χ4v) is 2.58. The molecule has 3 nitrogen and oxygen atoms in total. The van der Waals surface area contributed by atoms with Crippen molar-refractivity contribution in [1.82, 2.24) is 4.98 Å². The van der Waals surface area contributed by atoms with Crippen LogP contribution in [0.5, 0.6) is 0 Å². The minimum absolute atomic E-state index is 0.101. The maximum Gasteiger partial charge on any atom is 0.181 e. The van der Waals surface area contributed by atoms with Crippen molar-refractivity contribution in [2.45, 2.75) is 6.61 Å². The van der Waals surface area contributed by atoms with Gasteiger partial charge in [0.1, 0.15) is 5.69 Å². The van der Waals surface area contributed by atoms with Gasteiger partial charge in [-0.05, 0) is 27.4 Å². The summed E-state index contributed by atoms with van der Waals surface area (Å²) in [6.07, 6.45) is 1.34. The van der Waals surface area contributed by atoms with Gasteiger partial charge in [0.05, 0.1) is 11.5 Å². The minimum atomic E-state index is -0.101. The molecule has 0 aliphatic carbocycles. The van der Waals surface area contributed by atoms with E-state index in [9.17, 15) is 0 Å². The first-order valence-electron chi connectivity index (χ1n) is 3.59. The second-order valence-electron chi connectivity index (χ2n) is 2.38. The molecule has 0 spiro atoms. The van der Waals surface area contributed by atoms with Crippen LogP contribution in [-0.2, 0) is 6.61 Å². The molecule has 0 saturated carbocycles. The molecule has 0 amide bonds. The summed E-state index contributed by atoms with van der Waals surface area (Å²) in [4.78, 5) is 4.86. The van der Waals surface area contributed by atoms with Gasteiger partial charge in [-0.3, -0.25) is 0 Å². The van der Waals surface area contributed by atoms with Crippen molar-refractivity contribution in [1.29, 1.82) is 0 Å². The molecule has 0 unspecified atom stereocenters. The van der Waals surface area contributed by atoms with E-state index in [0.717, 1.165) is 9.35 Å². The number of hydrogen-bond donors (Lipinski definition) is 1. The monoisotopic (exact) mass is 259 g/mol. The van der Waals surface area contributed by atoms with Crippen molar-refractivity contribution in [2.75, 3.05) is 0 Å². The molecule has 0 atom stereocenters. The Hall–Kier alpha value is -0.650. The average molecular weight is 260 g/mol. The standard InChI is InChI=1S/C8H6BrNO2S/c9-5-1-2-13-8(5)7-6(3-11)10-4-12-7/h1-2,4,11H,3H2. The first kappa shape index (κ1) is 8.93. The van der Waals surface area contributed by atoms with Gasteiger partial charge in [-0.15, -0.1) is 11.3 Å².